The summed E-state index contributed by atoms with van der Waals surface area (Å²) in [6.45, 7) is 2.05. The molecular weight excluding hydrogens is 317 g/mol. The van der Waals surface area contributed by atoms with E-state index in [1.54, 1.807) is 23.9 Å². The van der Waals surface area contributed by atoms with Crippen molar-refractivity contribution in [1.82, 2.24) is 20.2 Å². The minimum atomic E-state index is 0.322. The van der Waals surface area contributed by atoms with Crippen molar-refractivity contribution in [3.05, 3.63) is 22.2 Å². The second kappa shape index (κ2) is 7.56. The van der Waals surface area contributed by atoms with Gasteiger partial charge in [-0.15, -0.1) is 5.10 Å². The molecule has 2 rings (SSSR count). The standard InChI is InChI=1S/C12H15Cl2N5O2/c1-20-4-5-21-3-2-19-12(16-17-18-19)8-6-9(13)11(14)10(15)7-8/h6-7H,2-5,15H2,1H3. The average Bonchev–Trinajstić information content (AvgIpc) is 2.92. The first-order chi connectivity index (χ1) is 10.1. The van der Waals surface area contributed by atoms with Gasteiger partial charge in [-0.05, 0) is 22.6 Å². The first kappa shape index (κ1) is 16.0. The molecule has 0 atom stereocenters. The Morgan fingerprint density at radius 3 is 2.76 bits per heavy atom. The lowest BCUT2D eigenvalue weighted by atomic mass is 10.2. The Morgan fingerprint density at radius 2 is 2.05 bits per heavy atom. The van der Waals surface area contributed by atoms with Crippen LogP contribution in [0.25, 0.3) is 11.4 Å². The number of nitrogens with zero attached hydrogens (tertiary/aromatic N) is 4. The summed E-state index contributed by atoms with van der Waals surface area (Å²) < 4.78 is 11.9. The number of anilines is 1. The molecule has 21 heavy (non-hydrogen) atoms. The SMILES string of the molecule is COCCOCCn1nnnc1-c1cc(N)c(Cl)c(Cl)c1. The Kier molecular flexibility index (Phi) is 5.75. The summed E-state index contributed by atoms with van der Waals surface area (Å²) in [4.78, 5) is 0. The molecule has 0 radical (unpaired) electrons. The molecule has 0 aliphatic rings. The van der Waals surface area contributed by atoms with E-state index in [1.165, 1.54) is 0 Å². The van der Waals surface area contributed by atoms with E-state index < -0.39 is 0 Å². The van der Waals surface area contributed by atoms with Gasteiger partial charge in [-0.25, -0.2) is 4.68 Å². The molecule has 7 nitrogen and oxygen atoms in total. The highest BCUT2D eigenvalue weighted by molar-refractivity contribution is 6.43. The lowest BCUT2D eigenvalue weighted by molar-refractivity contribution is 0.0654. The van der Waals surface area contributed by atoms with Gasteiger partial charge in [0.25, 0.3) is 0 Å². The van der Waals surface area contributed by atoms with Crippen LogP contribution in [0, 0.1) is 0 Å². The predicted octanol–water partition coefficient (Wildman–Crippen LogP) is 1.89. The summed E-state index contributed by atoms with van der Waals surface area (Å²) >= 11 is 12.0. The van der Waals surface area contributed by atoms with E-state index >= 15 is 0 Å². The first-order valence-electron chi connectivity index (χ1n) is 6.21. The number of ether oxygens (including phenoxy) is 2. The number of halogens is 2. The molecule has 2 N–H and O–H groups in total. The molecule has 0 amide bonds. The Hall–Kier alpha value is -1.41. The molecule has 0 saturated heterocycles. The first-order valence-corrected chi connectivity index (χ1v) is 6.96. The maximum atomic E-state index is 6.02. The highest BCUT2D eigenvalue weighted by Gasteiger charge is 2.13. The molecule has 0 aliphatic heterocycles. The topological polar surface area (TPSA) is 88.1 Å². The number of tetrazole rings is 1. The highest BCUT2D eigenvalue weighted by Crippen LogP contribution is 2.32. The predicted molar refractivity (Wildman–Crippen MR) is 80.4 cm³/mol. The van der Waals surface area contributed by atoms with Crippen LogP contribution in [0.2, 0.25) is 10.0 Å². The van der Waals surface area contributed by atoms with Crippen molar-refractivity contribution in [3.8, 4) is 11.4 Å². The Morgan fingerprint density at radius 1 is 1.24 bits per heavy atom. The normalized spacial score (nSPS) is 11.0. The third-order valence-electron chi connectivity index (χ3n) is 2.73. The quantitative estimate of drug-likeness (QED) is 0.615. The zero-order valence-corrected chi connectivity index (χ0v) is 12.9. The van der Waals surface area contributed by atoms with Crippen molar-refractivity contribution in [3.63, 3.8) is 0 Å². The number of rotatable bonds is 7. The van der Waals surface area contributed by atoms with Gasteiger partial charge in [-0.2, -0.15) is 0 Å². The molecule has 9 heteroatoms. The Bertz CT molecular complexity index is 582. The summed E-state index contributed by atoms with van der Waals surface area (Å²) in [7, 11) is 1.62. The second-order valence-corrected chi connectivity index (χ2v) is 4.98. The van der Waals surface area contributed by atoms with E-state index in [-0.39, 0.29) is 0 Å². The van der Waals surface area contributed by atoms with Gasteiger partial charge in [0, 0.05) is 12.7 Å². The van der Waals surface area contributed by atoms with Crippen LogP contribution in [0.15, 0.2) is 12.1 Å². The van der Waals surface area contributed by atoms with E-state index in [0.717, 1.165) is 0 Å². The van der Waals surface area contributed by atoms with Crippen molar-refractivity contribution < 1.29 is 9.47 Å². The zero-order valence-electron chi connectivity index (χ0n) is 11.4. The van der Waals surface area contributed by atoms with Crippen LogP contribution < -0.4 is 5.73 Å². The number of nitrogens with two attached hydrogens (primary N) is 1. The molecule has 0 spiro atoms. The minimum Gasteiger partial charge on any atom is -0.397 e. The van der Waals surface area contributed by atoms with Crippen molar-refractivity contribution in [2.75, 3.05) is 32.7 Å². The Labute approximate surface area is 131 Å². The molecule has 0 fully saturated rings. The summed E-state index contributed by atoms with van der Waals surface area (Å²) in [5, 5.41) is 12.2. The van der Waals surface area contributed by atoms with E-state index in [1.807, 2.05) is 0 Å². The number of hydrogen-bond acceptors (Lipinski definition) is 6. The van der Waals surface area contributed by atoms with Gasteiger partial charge in [0.05, 0.1) is 42.1 Å². The summed E-state index contributed by atoms with van der Waals surface area (Å²) in [5.41, 5.74) is 6.88. The summed E-state index contributed by atoms with van der Waals surface area (Å²) in [6.07, 6.45) is 0. The van der Waals surface area contributed by atoms with Gasteiger partial charge in [0.1, 0.15) is 0 Å². The van der Waals surface area contributed by atoms with Gasteiger partial charge < -0.3 is 15.2 Å². The maximum absolute atomic E-state index is 6.02. The van der Waals surface area contributed by atoms with Crippen LogP contribution in [0.4, 0.5) is 5.69 Å². The van der Waals surface area contributed by atoms with Gasteiger partial charge in [-0.3, -0.25) is 0 Å². The fourth-order valence-electron chi connectivity index (χ4n) is 1.70. The van der Waals surface area contributed by atoms with Gasteiger partial charge >= 0.3 is 0 Å². The van der Waals surface area contributed by atoms with Crippen LogP contribution >= 0.6 is 23.2 Å². The second-order valence-electron chi connectivity index (χ2n) is 4.19. The summed E-state index contributed by atoms with van der Waals surface area (Å²) in [5.74, 6) is 0.551. The molecule has 1 aromatic carbocycles. The van der Waals surface area contributed by atoms with Crippen LogP contribution in [-0.4, -0.2) is 47.1 Å². The van der Waals surface area contributed by atoms with Crippen molar-refractivity contribution in [2.24, 2.45) is 0 Å². The molecule has 1 heterocycles. The van der Waals surface area contributed by atoms with Crippen molar-refractivity contribution in [2.45, 2.75) is 6.54 Å². The maximum Gasteiger partial charge on any atom is 0.182 e. The number of nitrogen functional groups attached to an aromatic ring is 1. The minimum absolute atomic E-state index is 0.322. The van der Waals surface area contributed by atoms with E-state index in [0.29, 0.717) is 53.5 Å². The molecule has 0 bridgehead atoms. The molecule has 0 aliphatic carbocycles. The van der Waals surface area contributed by atoms with Crippen LogP contribution in [-0.2, 0) is 16.0 Å². The number of aromatic nitrogens is 4. The van der Waals surface area contributed by atoms with E-state index in [9.17, 15) is 0 Å². The monoisotopic (exact) mass is 331 g/mol. The van der Waals surface area contributed by atoms with Gasteiger partial charge in [0.2, 0.25) is 0 Å². The van der Waals surface area contributed by atoms with Gasteiger partial charge in [0.15, 0.2) is 5.82 Å². The number of hydrogen-bond donors (Lipinski definition) is 1. The molecule has 0 unspecified atom stereocenters. The lowest BCUT2D eigenvalue weighted by Crippen LogP contribution is -2.11. The van der Waals surface area contributed by atoms with Crippen molar-refractivity contribution in [1.29, 1.82) is 0 Å². The average molecular weight is 332 g/mol. The summed E-state index contributed by atoms with van der Waals surface area (Å²) in [6, 6.07) is 3.36. The number of benzene rings is 1. The molecule has 1 aromatic heterocycles. The van der Waals surface area contributed by atoms with Crippen LogP contribution in [0.5, 0.6) is 0 Å². The zero-order chi connectivity index (χ0) is 15.2. The van der Waals surface area contributed by atoms with E-state index in [2.05, 4.69) is 15.5 Å². The lowest BCUT2D eigenvalue weighted by Gasteiger charge is -2.08. The molecule has 114 valence electrons. The van der Waals surface area contributed by atoms with Crippen LogP contribution in [0.1, 0.15) is 0 Å². The molecule has 0 saturated carbocycles. The smallest absolute Gasteiger partial charge is 0.182 e. The largest absolute Gasteiger partial charge is 0.397 e. The van der Waals surface area contributed by atoms with Gasteiger partial charge in [-0.1, -0.05) is 23.2 Å². The third kappa shape index (κ3) is 4.04. The third-order valence-corrected chi connectivity index (χ3v) is 3.54. The van der Waals surface area contributed by atoms with Crippen molar-refractivity contribution >= 4 is 28.9 Å². The fourth-order valence-corrected chi connectivity index (χ4v) is 2.03. The molecular formula is C12H15Cl2N5O2. The fraction of sp³-hybridized carbons (Fsp3) is 0.417. The van der Waals surface area contributed by atoms with E-state index in [4.69, 9.17) is 38.4 Å². The Balaban J connectivity index is 2.09. The van der Waals surface area contributed by atoms with Crippen LogP contribution in [0.3, 0.4) is 0 Å². The highest BCUT2D eigenvalue weighted by atomic mass is 35.5. The number of methoxy groups -OCH3 is 1. The molecule has 2 aromatic rings.